The minimum Gasteiger partial charge on any atom is -0.297 e. The first-order valence-corrected chi connectivity index (χ1v) is 9.07. The van der Waals surface area contributed by atoms with Gasteiger partial charge < -0.3 is 0 Å². The summed E-state index contributed by atoms with van der Waals surface area (Å²) in [6, 6.07) is 3.84. The first kappa shape index (κ1) is 15.3. The number of nitriles is 1. The number of nitrogens with zero attached hydrogens (tertiary/aromatic N) is 2. The highest BCUT2D eigenvalue weighted by molar-refractivity contribution is 5.17. The molecule has 3 nitrogen and oxygen atoms in total. The molecule has 118 valence electrons. The van der Waals surface area contributed by atoms with Crippen molar-refractivity contribution in [2.75, 3.05) is 13.1 Å². The van der Waals surface area contributed by atoms with E-state index in [-0.39, 0.29) is 5.54 Å². The number of piperidine rings is 1. The van der Waals surface area contributed by atoms with Crippen LogP contribution in [0.4, 0.5) is 0 Å². The van der Waals surface area contributed by atoms with Gasteiger partial charge in [-0.1, -0.05) is 12.8 Å². The van der Waals surface area contributed by atoms with E-state index in [1.807, 2.05) is 0 Å². The Balaban J connectivity index is 1.73. The lowest BCUT2D eigenvalue weighted by Gasteiger charge is -2.47. The van der Waals surface area contributed by atoms with Crippen LogP contribution in [0.15, 0.2) is 0 Å². The van der Waals surface area contributed by atoms with Crippen LogP contribution in [-0.2, 0) is 0 Å². The van der Waals surface area contributed by atoms with Crippen molar-refractivity contribution in [3.05, 3.63) is 0 Å². The van der Waals surface area contributed by atoms with Gasteiger partial charge in [-0.3, -0.25) is 10.2 Å². The van der Waals surface area contributed by atoms with Crippen molar-refractivity contribution in [2.24, 2.45) is 11.8 Å². The summed E-state index contributed by atoms with van der Waals surface area (Å²) in [7, 11) is 0. The van der Waals surface area contributed by atoms with Crippen molar-refractivity contribution < 1.29 is 0 Å². The van der Waals surface area contributed by atoms with Crippen molar-refractivity contribution in [3.8, 4) is 6.07 Å². The molecule has 3 atom stereocenters. The molecule has 0 aromatic heterocycles. The van der Waals surface area contributed by atoms with Gasteiger partial charge in [0.2, 0.25) is 0 Å². The Morgan fingerprint density at radius 3 is 2.52 bits per heavy atom. The van der Waals surface area contributed by atoms with Gasteiger partial charge in [0.1, 0.15) is 5.54 Å². The third-order valence-electron chi connectivity index (χ3n) is 5.83. The summed E-state index contributed by atoms with van der Waals surface area (Å²) in [5.74, 6) is 1.48. The van der Waals surface area contributed by atoms with Crippen LogP contribution < -0.4 is 5.32 Å². The van der Waals surface area contributed by atoms with E-state index in [1.54, 1.807) is 0 Å². The molecule has 0 radical (unpaired) electrons. The summed E-state index contributed by atoms with van der Waals surface area (Å²) in [5.41, 5.74) is -0.298. The molecule has 0 aromatic rings. The summed E-state index contributed by atoms with van der Waals surface area (Å²) in [5, 5.41) is 13.6. The van der Waals surface area contributed by atoms with E-state index in [1.165, 1.54) is 57.9 Å². The van der Waals surface area contributed by atoms with Crippen LogP contribution in [0.3, 0.4) is 0 Å². The van der Waals surface area contributed by atoms with Crippen LogP contribution >= 0.6 is 0 Å². The summed E-state index contributed by atoms with van der Waals surface area (Å²) < 4.78 is 0. The Hall–Kier alpha value is -0.590. The minimum atomic E-state index is -0.298. The molecule has 0 spiro atoms. The average molecular weight is 289 g/mol. The molecule has 0 aromatic carbocycles. The molecule has 3 rings (SSSR count). The lowest BCUT2D eigenvalue weighted by molar-refractivity contribution is 0.0396. The topological polar surface area (TPSA) is 39.1 Å². The predicted octanol–water partition coefficient (Wildman–Crippen LogP) is 3.31. The fourth-order valence-corrected chi connectivity index (χ4v) is 4.79. The van der Waals surface area contributed by atoms with Crippen molar-refractivity contribution in [3.63, 3.8) is 0 Å². The van der Waals surface area contributed by atoms with Crippen LogP contribution in [-0.4, -0.2) is 35.6 Å². The fourth-order valence-electron chi connectivity index (χ4n) is 4.79. The molecule has 1 heterocycles. The summed E-state index contributed by atoms with van der Waals surface area (Å²) >= 11 is 0. The monoisotopic (exact) mass is 289 g/mol. The van der Waals surface area contributed by atoms with E-state index in [2.05, 4.69) is 30.1 Å². The molecule has 1 aliphatic heterocycles. The molecule has 0 amide bonds. The van der Waals surface area contributed by atoms with Gasteiger partial charge in [0.25, 0.3) is 0 Å². The van der Waals surface area contributed by atoms with E-state index < -0.39 is 0 Å². The zero-order valence-corrected chi connectivity index (χ0v) is 13.8. The van der Waals surface area contributed by atoms with E-state index in [0.717, 1.165) is 18.5 Å². The number of likely N-dealkylation sites (tertiary alicyclic amines) is 1. The standard InChI is InChI=1S/C18H31N3/c1-14(2)20-18(12-19,16-9-10-16)13-21-11-5-7-15-6-3-4-8-17(15)21/h14-17,20H,3-11,13H2,1-2H3/t15-,17-,18?/m1/s1. The van der Waals surface area contributed by atoms with Gasteiger partial charge in [-0.05, 0) is 70.8 Å². The zero-order valence-electron chi connectivity index (χ0n) is 13.8. The Morgan fingerprint density at radius 1 is 1.14 bits per heavy atom. The first-order chi connectivity index (χ1) is 10.1. The maximum absolute atomic E-state index is 9.92. The molecular formula is C18H31N3. The van der Waals surface area contributed by atoms with Crippen molar-refractivity contribution in [1.82, 2.24) is 10.2 Å². The number of rotatable bonds is 5. The SMILES string of the molecule is CC(C)NC(C#N)(CN1CCC[C@H]2CCCC[C@H]21)C1CC1. The second-order valence-electron chi connectivity index (χ2n) is 7.88. The third-order valence-corrected chi connectivity index (χ3v) is 5.83. The summed E-state index contributed by atoms with van der Waals surface area (Å²) in [4.78, 5) is 2.68. The molecule has 1 saturated heterocycles. The predicted molar refractivity (Wildman–Crippen MR) is 85.9 cm³/mol. The quantitative estimate of drug-likeness (QED) is 0.844. The molecule has 0 bridgehead atoms. The maximum Gasteiger partial charge on any atom is 0.122 e. The van der Waals surface area contributed by atoms with E-state index >= 15 is 0 Å². The zero-order chi connectivity index (χ0) is 14.9. The molecule has 1 unspecified atom stereocenters. The van der Waals surface area contributed by atoms with Gasteiger partial charge in [0, 0.05) is 18.6 Å². The number of fused-ring (bicyclic) bond motifs is 1. The Bertz CT molecular complexity index is 394. The van der Waals surface area contributed by atoms with Crippen molar-refractivity contribution >= 4 is 0 Å². The van der Waals surface area contributed by atoms with Crippen LogP contribution in [0, 0.1) is 23.2 Å². The number of nitrogens with one attached hydrogen (secondary N) is 1. The second kappa shape index (κ2) is 6.26. The lowest BCUT2D eigenvalue weighted by atomic mass is 9.77. The molecule has 21 heavy (non-hydrogen) atoms. The van der Waals surface area contributed by atoms with Crippen molar-refractivity contribution in [1.29, 1.82) is 5.26 Å². The Labute approximate surface area is 130 Å². The van der Waals surface area contributed by atoms with Crippen LogP contribution in [0.25, 0.3) is 0 Å². The minimum absolute atomic E-state index is 0.298. The summed E-state index contributed by atoms with van der Waals surface area (Å²) in [6.07, 6.45) is 10.8. The van der Waals surface area contributed by atoms with Gasteiger partial charge in [0.05, 0.1) is 6.07 Å². The average Bonchev–Trinajstić information content (AvgIpc) is 3.31. The summed E-state index contributed by atoms with van der Waals surface area (Å²) in [6.45, 7) is 6.51. The van der Waals surface area contributed by atoms with E-state index in [9.17, 15) is 5.26 Å². The Morgan fingerprint density at radius 2 is 1.86 bits per heavy atom. The maximum atomic E-state index is 9.92. The molecule has 1 N–H and O–H groups in total. The smallest absolute Gasteiger partial charge is 0.122 e. The Kier molecular flexibility index (Phi) is 4.57. The van der Waals surface area contributed by atoms with Crippen LogP contribution in [0.2, 0.25) is 0 Å². The number of hydrogen-bond acceptors (Lipinski definition) is 3. The molecule has 3 fully saturated rings. The third kappa shape index (κ3) is 3.27. The normalized spacial score (nSPS) is 33.2. The molecule has 2 aliphatic carbocycles. The molecule has 3 aliphatic rings. The second-order valence-corrected chi connectivity index (χ2v) is 7.88. The van der Waals surface area contributed by atoms with E-state index in [0.29, 0.717) is 12.0 Å². The van der Waals surface area contributed by atoms with Gasteiger partial charge in [-0.25, -0.2) is 0 Å². The molecular weight excluding hydrogens is 258 g/mol. The highest BCUT2D eigenvalue weighted by Crippen LogP contribution is 2.42. The van der Waals surface area contributed by atoms with Crippen LogP contribution in [0.1, 0.15) is 65.2 Å². The van der Waals surface area contributed by atoms with Gasteiger partial charge in [0.15, 0.2) is 0 Å². The number of hydrogen-bond donors (Lipinski definition) is 1. The molecule has 3 heteroatoms. The highest BCUT2D eigenvalue weighted by atomic mass is 15.2. The van der Waals surface area contributed by atoms with Gasteiger partial charge in [-0.2, -0.15) is 5.26 Å². The largest absolute Gasteiger partial charge is 0.297 e. The fraction of sp³-hybridized carbons (Fsp3) is 0.944. The molecule has 2 saturated carbocycles. The highest BCUT2D eigenvalue weighted by Gasteiger charge is 2.48. The van der Waals surface area contributed by atoms with Gasteiger partial charge in [-0.15, -0.1) is 0 Å². The van der Waals surface area contributed by atoms with Crippen LogP contribution in [0.5, 0.6) is 0 Å². The van der Waals surface area contributed by atoms with Gasteiger partial charge >= 0.3 is 0 Å². The first-order valence-electron chi connectivity index (χ1n) is 9.07. The lowest BCUT2D eigenvalue weighted by Crippen LogP contribution is -2.60. The van der Waals surface area contributed by atoms with E-state index in [4.69, 9.17) is 0 Å². The van der Waals surface area contributed by atoms with Crippen molar-refractivity contribution in [2.45, 2.75) is 82.8 Å².